The number of aryl methyl sites for hydroxylation is 1. The zero-order valence-electron chi connectivity index (χ0n) is 9.81. The minimum atomic E-state index is -0.815. The van der Waals surface area contributed by atoms with Crippen LogP contribution in [0.4, 0.5) is 8.78 Å². The van der Waals surface area contributed by atoms with Crippen molar-refractivity contribution < 1.29 is 8.78 Å². The van der Waals surface area contributed by atoms with Crippen molar-refractivity contribution in [1.29, 1.82) is 0 Å². The summed E-state index contributed by atoms with van der Waals surface area (Å²) in [6.45, 7) is 2.08. The molecule has 2 rings (SSSR count). The SMILES string of the molecule is Fc1ccc(CNCCCn2ccnn2)cc1F. The molecule has 0 unspecified atom stereocenters. The van der Waals surface area contributed by atoms with Crippen LogP contribution >= 0.6 is 0 Å². The first kappa shape index (κ1) is 12.6. The Kier molecular flexibility index (Phi) is 4.35. The second-order valence-electron chi connectivity index (χ2n) is 3.94. The van der Waals surface area contributed by atoms with Crippen molar-refractivity contribution in [3.8, 4) is 0 Å². The van der Waals surface area contributed by atoms with Gasteiger partial charge in [0, 0.05) is 19.3 Å². The molecule has 0 bridgehead atoms. The fourth-order valence-electron chi connectivity index (χ4n) is 1.60. The van der Waals surface area contributed by atoms with Gasteiger partial charge >= 0.3 is 0 Å². The number of rotatable bonds is 6. The van der Waals surface area contributed by atoms with E-state index in [9.17, 15) is 8.78 Å². The van der Waals surface area contributed by atoms with E-state index in [1.807, 2.05) is 0 Å². The van der Waals surface area contributed by atoms with E-state index in [0.717, 1.165) is 31.1 Å². The molecular formula is C12H14F2N4. The maximum atomic E-state index is 12.9. The molecule has 0 aliphatic heterocycles. The fraction of sp³-hybridized carbons (Fsp3) is 0.333. The predicted octanol–water partition coefficient (Wildman–Crippen LogP) is 1.74. The largest absolute Gasteiger partial charge is 0.313 e. The maximum absolute atomic E-state index is 12.9. The van der Waals surface area contributed by atoms with Crippen molar-refractivity contribution in [2.24, 2.45) is 0 Å². The molecule has 96 valence electrons. The lowest BCUT2D eigenvalue weighted by Crippen LogP contribution is -2.16. The molecule has 0 atom stereocenters. The number of benzene rings is 1. The Hall–Kier alpha value is -1.82. The molecule has 1 aromatic heterocycles. The molecule has 6 heteroatoms. The highest BCUT2D eigenvalue weighted by Crippen LogP contribution is 2.08. The summed E-state index contributed by atoms with van der Waals surface area (Å²) in [5.41, 5.74) is 0.731. The summed E-state index contributed by atoms with van der Waals surface area (Å²) in [5, 5.41) is 10.7. The molecule has 0 spiro atoms. The molecule has 0 fully saturated rings. The van der Waals surface area contributed by atoms with Crippen molar-refractivity contribution >= 4 is 0 Å². The van der Waals surface area contributed by atoms with E-state index in [2.05, 4.69) is 15.6 Å². The normalized spacial score (nSPS) is 10.8. The van der Waals surface area contributed by atoms with Gasteiger partial charge in [-0.15, -0.1) is 5.10 Å². The quantitative estimate of drug-likeness (QED) is 0.796. The zero-order chi connectivity index (χ0) is 12.8. The van der Waals surface area contributed by atoms with Crippen LogP contribution in [0.3, 0.4) is 0 Å². The molecule has 0 aliphatic rings. The molecule has 0 saturated carbocycles. The summed E-state index contributed by atoms with van der Waals surface area (Å²) in [7, 11) is 0. The third-order valence-electron chi connectivity index (χ3n) is 2.53. The van der Waals surface area contributed by atoms with Crippen LogP contribution in [0.25, 0.3) is 0 Å². The average Bonchev–Trinajstić information content (AvgIpc) is 2.86. The topological polar surface area (TPSA) is 42.7 Å². The Morgan fingerprint density at radius 3 is 2.83 bits per heavy atom. The number of nitrogens with one attached hydrogen (secondary N) is 1. The van der Waals surface area contributed by atoms with Crippen molar-refractivity contribution in [3.63, 3.8) is 0 Å². The van der Waals surface area contributed by atoms with Crippen molar-refractivity contribution in [2.45, 2.75) is 19.5 Å². The minimum absolute atomic E-state index is 0.522. The first-order chi connectivity index (χ1) is 8.75. The van der Waals surface area contributed by atoms with Gasteiger partial charge in [0.2, 0.25) is 0 Å². The van der Waals surface area contributed by atoms with Crippen LogP contribution < -0.4 is 5.32 Å². The third-order valence-corrected chi connectivity index (χ3v) is 2.53. The highest BCUT2D eigenvalue weighted by Gasteiger charge is 2.01. The predicted molar refractivity (Wildman–Crippen MR) is 62.7 cm³/mol. The van der Waals surface area contributed by atoms with Gasteiger partial charge in [-0.25, -0.2) is 8.78 Å². The lowest BCUT2D eigenvalue weighted by atomic mass is 10.2. The maximum Gasteiger partial charge on any atom is 0.159 e. The number of hydrogen-bond donors (Lipinski definition) is 1. The highest BCUT2D eigenvalue weighted by molar-refractivity contribution is 5.17. The molecule has 4 nitrogen and oxygen atoms in total. The molecule has 1 N–H and O–H groups in total. The first-order valence-corrected chi connectivity index (χ1v) is 5.74. The summed E-state index contributed by atoms with van der Waals surface area (Å²) in [4.78, 5) is 0. The number of nitrogens with zero attached hydrogens (tertiary/aromatic N) is 3. The second kappa shape index (κ2) is 6.20. The van der Waals surface area contributed by atoms with E-state index in [-0.39, 0.29) is 0 Å². The van der Waals surface area contributed by atoms with E-state index in [1.165, 1.54) is 6.07 Å². The second-order valence-corrected chi connectivity index (χ2v) is 3.94. The number of halogens is 2. The van der Waals surface area contributed by atoms with E-state index in [4.69, 9.17) is 0 Å². The standard InChI is InChI=1S/C12H14F2N4/c13-11-3-2-10(8-12(11)14)9-15-4-1-6-18-7-5-16-17-18/h2-3,5,7-8,15H,1,4,6,9H2. The van der Waals surface area contributed by atoms with E-state index < -0.39 is 11.6 Å². The Labute approximate surface area is 104 Å². The molecule has 1 heterocycles. The lowest BCUT2D eigenvalue weighted by Gasteiger charge is -2.05. The molecule has 0 saturated heterocycles. The van der Waals surface area contributed by atoms with Crippen LogP contribution in [0.1, 0.15) is 12.0 Å². The van der Waals surface area contributed by atoms with Gasteiger partial charge in [0.15, 0.2) is 11.6 Å². The van der Waals surface area contributed by atoms with Crippen molar-refractivity contribution in [2.75, 3.05) is 6.54 Å². The van der Waals surface area contributed by atoms with E-state index in [0.29, 0.717) is 6.54 Å². The van der Waals surface area contributed by atoms with Crippen LogP contribution in [0.5, 0.6) is 0 Å². The van der Waals surface area contributed by atoms with Gasteiger partial charge in [0.05, 0.1) is 6.20 Å². The molecular weight excluding hydrogens is 238 g/mol. The van der Waals surface area contributed by atoms with Crippen LogP contribution in [-0.2, 0) is 13.1 Å². The van der Waals surface area contributed by atoms with Crippen LogP contribution in [-0.4, -0.2) is 21.5 Å². The third kappa shape index (κ3) is 3.59. The van der Waals surface area contributed by atoms with E-state index >= 15 is 0 Å². The smallest absolute Gasteiger partial charge is 0.159 e. The van der Waals surface area contributed by atoms with Gasteiger partial charge < -0.3 is 5.32 Å². The Morgan fingerprint density at radius 2 is 2.11 bits per heavy atom. The Bertz CT molecular complexity index is 485. The Morgan fingerprint density at radius 1 is 1.22 bits per heavy atom. The van der Waals surface area contributed by atoms with Crippen LogP contribution in [0.2, 0.25) is 0 Å². The number of aromatic nitrogens is 3. The van der Waals surface area contributed by atoms with Gasteiger partial charge in [-0.3, -0.25) is 4.68 Å². The molecule has 0 aliphatic carbocycles. The van der Waals surface area contributed by atoms with Gasteiger partial charge in [-0.1, -0.05) is 11.3 Å². The average molecular weight is 252 g/mol. The van der Waals surface area contributed by atoms with Crippen molar-refractivity contribution in [1.82, 2.24) is 20.3 Å². The monoisotopic (exact) mass is 252 g/mol. The molecule has 0 radical (unpaired) electrons. The number of hydrogen-bond acceptors (Lipinski definition) is 3. The minimum Gasteiger partial charge on any atom is -0.313 e. The van der Waals surface area contributed by atoms with Gasteiger partial charge in [0.25, 0.3) is 0 Å². The zero-order valence-corrected chi connectivity index (χ0v) is 9.81. The fourth-order valence-corrected chi connectivity index (χ4v) is 1.60. The summed E-state index contributed by atoms with van der Waals surface area (Å²) in [6, 6.07) is 3.92. The van der Waals surface area contributed by atoms with E-state index in [1.54, 1.807) is 23.1 Å². The summed E-state index contributed by atoms with van der Waals surface area (Å²) >= 11 is 0. The summed E-state index contributed by atoms with van der Waals surface area (Å²) in [5.74, 6) is -1.62. The van der Waals surface area contributed by atoms with Gasteiger partial charge in [-0.05, 0) is 30.7 Å². The first-order valence-electron chi connectivity index (χ1n) is 5.74. The molecule has 1 aromatic carbocycles. The van der Waals surface area contributed by atoms with Crippen LogP contribution in [0.15, 0.2) is 30.6 Å². The van der Waals surface area contributed by atoms with Gasteiger partial charge in [0.1, 0.15) is 0 Å². The van der Waals surface area contributed by atoms with Gasteiger partial charge in [-0.2, -0.15) is 0 Å². The van der Waals surface area contributed by atoms with Crippen molar-refractivity contribution in [3.05, 3.63) is 47.8 Å². The molecule has 0 amide bonds. The summed E-state index contributed by atoms with van der Waals surface area (Å²) in [6.07, 6.45) is 4.33. The lowest BCUT2D eigenvalue weighted by molar-refractivity contribution is 0.504. The molecule has 18 heavy (non-hydrogen) atoms. The van der Waals surface area contributed by atoms with Crippen LogP contribution in [0, 0.1) is 11.6 Å². The summed E-state index contributed by atoms with van der Waals surface area (Å²) < 4.78 is 27.4. The Balaban J connectivity index is 1.67. The molecule has 2 aromatic rings. The highest BCUT2D eigenvalue weighted by atomic mass is 19.2.